The average Bonchev–Trinajstić information content (AvgIpc) is 3.48. The molecular weight excluding hydrogens is 705 g/mol. The second-order valence-electron chi connectivity index (χ2n) is 13.3. The Morgan fingerprint density at radius 3 is 2.36 bits per heavy atom. The van der Waals surface area contributed by atoms with E-state index in [1.54, 1.807) is 59.7 Å². The summed E-state index contributed by atoms with van der Waals surface area (Å²) < 4.78 is 52.9. The van der Waals surface area contributed by atoms with E-state index in [2.05, 4.69) is 15.9 Å². The smallest absolute Gasteiger partial charge is 0.390 e. The van der Waals surface area contributed by atoms with Crippen LogP contribution in [0.15, 0.2) is 47.5 Å². The number of alkyl carbamates (subject to hydrolysis) is 1. The van der Waals surface area contributed by atoms with Crippen LogP contribution < -0.4 is 16.5 Å². The van der Waals surface area contributed by atoms with Gasteiger partial charge < -0.3 is 20.5 Å². The Hall–Kier alpha value is -4.32. The van der Waals surface area contributed by atoms with Crippen molar-refractivity contribution >= 4 is 63.7 Å². The first-order valence-electron chi connectivity index (χ1n) is 15.0. The zero-order valence-electron chi connectivity index (χ0n) is 27.9. The van der Waals surface area contributed by atoms with Crippen molar-refractivity contribution in [1.82, 2.24) is 25.5 Å². The SMILES string of the molecule is CC(C)(C)NC(=O)OC(NOCCN1C(=O)SC(=Cc2ccc3c(cnn3Cc3ccc(Cl)cc3C(F)(F)F)c2)C1=O)(OC(N)=O)C(C)(C)C. The zero-order valence-corrected chi connectivity index (χ0v) is 29.5. The summed E-state index contributed by atoms with van der Waals surface area (Å²) in [6.45, 7) is 9.22. The molecule has 50 heavy (non-hydrogen) atoms. The van der Waals surface area contributed by atoms with E-state index in [4.69, 9.17) is 31.6 Å². The van der Waals surface area contributed by atoms with Crippen LogP contribution in [0.5, 0.6) is 0 Å². The molecule has 1 aromatic heterocycles. The summed E-state index contributed by atoms with van der Waals surface area (Å²) in [5, 5.41) is 6.82. The molecule has 1 aliphatic heterocycles. The number of primary amides is 1. The van der Waals surface area contributed by atoms with Crippen LogP contribution in [-0.4, -0.2) is 62.6 Å². The van der Waals surface area contributed by atoms with Gasteiger partial charge in [0.25, 0.3) is 11.1 Å². The van der Waals surface area contributed by atoms with E-state index in [0.717, 1.165) is 11.0 Å². The molecule has 270 valence electrons. The number of amides is 4. The van der Waals surface area contributed by atoms with Gasteiger partial charge in [0.05, 0.1) is 47.3 Å². The number of nitrogens with two attached hydrogens (primary N) is 1. The number of hydroxylamine groups is 1. The summed E-state index contributed by atoms with van der Waals surface area (Å²) >= 11 is 6.51. The number of carbonyl (C=O) groups excluding carboxylic acids is 4. The van der Waals surface area contributed by atoms with E-state index in [0.29, 0.717) is 28.2 Å². The number of benzene rings is 2. The molecule has 4 amide bonds. The molecule has 1 saturated heterocycles. The maximum atomic E-state index is 13.6. The molecule has 4 N–H and O–H groups in total. The number of nitrogens with zero attached hydrogens (tertiary/aromatic N) is 3. The Balaban J connectivity index is 1.44. The minimum Gasteiger partial charge on any atom is -0.390 e. The molecule has 3 aromatic rings. The Bertz CT molecular complexity index is 1840. The van der Waals surface area contributed by atoms with Crippen LogP contribution in [0, 0.1) is 5.41 Å². The third-order valence-corrected chi connectivity index (χ3v) is 8.25. The first kappa shape index (κ1) is 38.5. The van der Waals surface area contributed by atoms with Gasteiger partial charge in [-0.25, -0.2) is 9.59 Å². The van der Waals surface area contributed by atoms with Gasteiger partial charge in [-0.2, -0.15) is 18.3 Å². The van der Waals surface area contributed by atoms with E-state index in [-0.39, 0.29) is 35.2 Å². The van der Waals surface area contributed by atoms with Crippen LogP contribution in [0.3, 0.4) is 0 Å². The average molecular weight is 741 g/mol. The molecule has 18 heteroatoms. The predicted molar refractivity (Wildman–Crippen MR) is 179 cm³/mol. The fourth-order valence-corrected chi connectivity index (χ4v) is 5.72. The Morgan fingerprint density at radius 1 is 1.04 bits per heavy atom. The highest BCUT2D eigenvalue weighted by atomic mass is 35.5. The standard InChI is InChI=1S/C32H36ClF3N6O7S/c1-29(2,3)32(48-26(37)44,49-27(45)39-30(4,5)6)40-47-12-11-41-25(43)24(50-28(41)46)14-18-7-10-23-20(13-18)16-38-42(23)17-19-8-9-21(33)15-22(19)31(34,35)36/h7-10,13-16,40H,11-12,17H2,1-6H3,(H2,37,44)(H,39,45). The molecule has 1 aliphatic rings. The largest absolute Gasteiger partial charge is 0.416 e. The molecule has 13 nitrogen and oxygen atoms in total. The van der Waals surface area contributed by atoms with Crippen LogP contribution in [-0.2, 0) is 31.8 Å². The van der Waals surface area contributed by atoms with Crippen molar-refractivity contribution < 1.29 is 46.7 Å². The number of rotatable bonds is 10. The molecule has 0 spiro atoms. The third-order valence-electron chi connectivity index (χ3n) is 7.10. The van der Waals surface area contributed by atoms with Crippen LogP contribution in [0.4, 0.5) is 27.6 Å². The number of alkyl halides is 3. The fourth-order valence-electron chi connectivity index (χ4n) is 4.69. The van der Waals surface area contributed by atoms with Crippen molar-refractivity contribution in [3.63, 3.8) is 0 Å². The lowest BCUT2D eigenvalue weighted by Crippen LogP contribution is -2.63. The highest BCUT2D eigenvalue weighted by molar-refractivity contribution is 8.18. The lowest BCUT2D eigenvalue weighted by Gasteiger charge is -2.41. The van der Waals surface area contributed by atoms with E-state index in [1.807, 2.05) is 0 Å². The Labute approximate surface area is 294 Å². The first-order chi connectivity index (χ1) is 23.1. The van der Waals surface area contributed by atoms with Gasteiger partial charge in [0.1, 0.15) is 0 Å². The monoisotopic (exact) mass is 740 g/mol. The molecule has 1 unspecified atom stereocenters. The molecule has 4 rings (SSSR count). The highest BCUT2D eigenvalue weighted by Gasteiger charge is 2.51. The zero-order chi connectivity index (χ0) is 37.2. The third kappa shape index (κ3) is 9.26. The number of ether oxygens (including phenoxy) is 2. The molecular formula is C32H36ClF3N6O7S. The molecule has 1 fully saturated rings. The molecule has 0 aliphatic carbocycles. The van der Waals surface area contributed by atoms with E-state index >= 15 is 0 Å². The fraction of sp³-hybridized carbons (Fsp3) is 0.406. The van der Waals surface area contributed by atoms with Crippen LogP contribution in [0.2, 0.25) is 5.02 Å². The van der Waals surface area contributed by atoms with Gasteiger partial charge in [0, 0.05) is 15.9 Å². The van der Waals surface area contributed by atoms with Gasteiger partial charge in [0.2, 0.25) is 0 Å². The van der Waals surface area contributed by atoms with Gasteiger partial charge in [0.15, 0.2) is 0 Å². The summed E-state index contributed by atoms with van der Waals surface area (Å²) in [5.74, 6) is -2.80. The Kier molecular flexibility index (Phi) is 11.2. The molecule has 1 atom stereocenters. The summed E-state index contributed by atoms with van der Waals surface area (Å²) in [5.41, 5.74) is 6.11. The topological polar surface area (TPSA) is 167 Å². The maximum Gasteiger partial charge on any atom is 0.416 e. The van der Waals surface area contributed by atoms with Gasteiger partial charge in [-0.1, -0.05) is 44.5 Å². The maximum absolute atomic E-state index is 13.6. The normalized spacial score (nSPS) is 16.2. The van der Waals surface area contributed by atoms with Crippen molar-refractivity contribution in [2.45, 2.75) is 65.7 Å². The first-order valence-corrected chi connectivity index (χ1v) is 16.2. The van der Waals surface area contributed by atoms with Crippen molar-refractivity contribution in [3.8, 4) is 0 Å². The summed E-state index contributed by atoms with van der Waals surface area (Å²) in [6.07, 6.45) is -3.81. The minimum atomic E-state index is -4.60. The molecule has 2 aromatic carbocycles. The van der Waals surface area contributed by atoms with Gasteiger partial charge in [-0.3, -0.25) is 24.0 Å². The number of thioether (sulfide) groups is 1. The summed E-state index contributed by atoms with van der Waals surface area (Å²) in [6, 6.07) is 8.55. The van der Waals surface area contributed by atoms with Crippen LogP contribution >= 0.6 is 23.4 Å². The number of aromatic nitrogens is 2. The highest BCUT2D eigenvalue weighted by Crippen LogP contribution is 2.36. The molecule has 0 bridgehead atoms. The van der Waals surface area contributed by atoms with Crippen molar-refractivity contribution in [1.29, 1.82) is 0 Å². The summed E-state index contributed by atoms with van der Waals surface area (Å²) in [7, 11) is 0. The lowest BCUT2D eigenvalue weighted by molar-refractivity contribution is -0.298. The van der Waals surface area contributed by atoms with Gasteiger partial charge in [-0.15, -0.1) is 5.48 Å². The van der Waals surface area contributed by atoms with Crippen LogP contribution in [0.25, 0.3) is 17.0 Å². The molecule has 0 radical (unpaired) electrons. The van der Waals surface area contributed by atoms with Crippen molar-refractivity contribution in [3.05, 3.63) is 69.2 Å². The van der Waals surface area contributed by atoms with E-state index in [1.165, 1.54) is 29.1 Å². The molecule has 0 saturated carbocycles. The Morgan fingerprint density at radius 2 is 1.74 bits per heavy atom. The van der Waals surface area contributed by atoms with Gasteiger partial charge >= 0.3 is 24.3 Å². The lowest BCUT2D eigenvalue weighted by atomic mass is 9.91. The van der Waals surface area contributed by atoms with Crippen LogP contribution in [0.1, 0.15) is 58.2 Å². The second-order valence-corrected chi connectivity index (χ2v) is 14.7. The number of hydrogen-bond acceptors (Lipinski definition) is 10. The quantitative estimate of drug-likeness (QED) is 0.0888. The van der Waals surface area contributed by atoms with Crippen molar-refractivity contribution in [2.24, 2.45) is 11.1 Å². The predicted octanol–water partition coefficient (Wildman–Crippen LogP) is 6.63. The summed E-state index contributed by atoms with van der Waals surface area (Å²) in [4.78, 5) is 56.8. The molecule has 2 heterocycles. The van der Waals surface area contributed by atoms with Gasteiger partial charge in [-0.05, 0) is 74.0 Å². The van der Waals surface area contributed by atoms with Crippen molar-refractivity contribution in [2.75, 3.05) is 13.2 Å². The second kappa shape index (κ2) is 14.5. The number of nitrogens with one attached hydrogen (secondary N) is 2. The van der Waals surface area contributed by atoms with E-state index in [9.17, 15) is 32.3 Å². The number of hydrogen-bond donors (Lipinski definition) is 3. The number of fused-ring (bicyclic) bond motifs is 1. The number of carbonyl (C=O) groups is 4. The van der Waals surface area contributed by atoms with E-state index < -0.39 is 51.9 Å². The number of halogens is 4. The number of imide groups is 1. The minimum absolute atomic E-state index is 0.00752.